The molecule has 0 aromatic heterocycles. The van der Waals surface area contributed by atoms with Gasteiger partial charge in [-0.05, 0) is 69.5 Å². The van der Waals surface area contributed by atoms with Crippen LogP contribution in [0.25, 0.3) is 6.08 Å². The smallest absolute Gasteiger partial charge is 0.287 e. The van der Waals surface area contributed by atoms with Crippen LogP contribution < -0.4 is 10.7 Å². The number of nitro benzene ring substituents is 1. The molecule has 3 aromatic carbocycles. The number of amides is 2. The fraction of sp³-hybridized carbons (Fsp3) is 0. The van der Waals surface area contributed by atoms with E-state index in [-0.39, 0.29) is 27.4 Å². The van der Waals surface area contributed by atoms with Crippen LogP contribution in [0.4, 0.5) is 5.69 Å². The molecule has 0 unspecified atom stereocenters. The highest BCUT2D eigenvalue weighted by molar-refractivity contribution is 9.10. The van der Waals surface area contributed by atoms with E-state index in [0.29, 0.717) is 16.7 Å². The molecule has 0 aliphatic carbocycles. The molecule has 0 bridgehead atoms. The number of carbonyl (C=O) groups is 2. The SMILES string of the molecule is O=C(N/N=C\c1cc(O)c(O)c(Br)c1)/C(=C/c1ccc([N+](=O)[O-])cc1)NC(=O)c1ccccc1. The lowest BCUT2D eigenvalue weighted by atomic mass is 10.1. The highest BCUT2D eigenvalue weighted by atomic mass is 79.9. The van der Waals surface area contributed by atoms with Crippen molar-refractivity contribution in [2.75, 3.05) is 0 Å². The minimum atomic E-state index is -0.763. The number of hydrogen-bond acceptors (Lipinski definition) is 7. The molecule has 3 aromatic rings. The standard InChI is InChI=1S/C23H17BrN4O6/c24-18-10-15(12-20(29)21(18)30)13-25-27-23(32)19(26-22(31)16-4-2-1-3-5-16)11-14-6-8-17(9-7-14)28(33)34/h1-13,29-30H,(H,26,31)(H,27,32)/b19-11-,25-13-. The van der Waals surface area contributed by atoms with E-state index in [1.54, 1.807) is 30.3 Å². The zero-order chi connectivity index (χ0) is 24.7. The summed E-state index contributed by atoms with van der Waals surface area (Å²) in [6.45, 7) is 0. The van der Waals surface area contributed by atoms with Crippen LogP contribution in [0.5, 0.6) is 11.5 Å². The normalized spacial score (nSPS) is 11.3. The van der Waals surface area contributed by atoms with Crippen LogP contribution >= 0.6 is 15.9 Å². The molecule has 0 saturated heterocycles. The molecule has 0 aliphatic rings. The van der Waals surface area contributed by atoms with Crippen LogP contribution in [0.2, 0.25) is 0 Å². The van der Waals surface area contributed by atoms with Crippen LogP contribution in [0.1, 0.15) is 21.5 Å². The molecule has 0 fully saturated rings. The van der Waals surface area contributed by atoms with Gasteiger partial charge in [-0.3, -0.25) is 19.7 Å². The number of non-ortho nitro benzene ring substituents is 1. The molecule has 0 saturated carbocycles. The van der Waals surface area contributed by atoms with E-state index in [1.807, 2.05) is 0 Å². The van der Waals surface area contributed by atoms with Crippen molar-refractivity contribution in [2.45, 2.75) is 0 Å². The summed E-state index contributed by atoms with van der Waals surface area (Å²) >= 11 is 3.08. The summed E-state index contributed by atoms with van der Waals surface area (Å²) in [4.78, 5) is 35.6. The first-order valence-corrected chi connectivity index (χ1v) is 10.4. The fourth-order valence-corrected chi connectivity index (χ4v) is 3.17. The molecule has 4 N–H and O–H groups in total. The third-order valence-corrected chi connectivity index (χ3v) is 4.99. The number of hydrogen-bond donors (Lipinski definition) is 4. The van der Waals surface area contributed by atoms with E-state index >= 15 is 0 Å². The van der Waals surface area contributed by atoms with Crippen LogP contribution in [0.3, 0.4) is 0 Å². The average Bonchev–Trinajstić information content (AvgIpc) is 2.82. The van der Waals surface area contributed by atoms with Gasteiger partial charge in [0, 0.05) is 17.7 Å². The van der Waals surface area contributed by atoms with Gasteiger partial charge in [0.05, 0.1) is 15.6 Å². The predicted molar refractivity (Wildman–Crippen MR) is 128 cm³/mol. The van der Waals surface area contributed by atoms with Gasteiger partial charge >= 0.3 is 0 Å². The molecule has 3 rings (SSSR count). The molecule has 0 atom stereocenters. The van der Waals surface area contributed by atoms with Crippen molar-refractivity contribution in [3.63, 3.8) is 0 Å². The number of benzene rings is 3. The van der Waals surface area contributed by atoms with Crippen molar-refractivity contribution in [1.82, 2.24) is 10.7 Å². The van der Waals surface area contributed by atoms with Crippen LogP contribution in [-0.2, 0) is 4.79 Å². The molecule has 0 aliphatic heterocycles. The maximum Gasteiger partial charge on any atom is 0.287 e. The zero-order valence-electron chi connectivity index (χ0n) is 17.3. The highest BCUT2D eigenvalue weighted by Gasteiger charge is 2.15. The van der Waals surface area contributed by atoms with Crippen LogP contribution in [-0.4, -0.2) is 33.2 Å². The maximum absolute atomic E-state index is 12.8. The summed E-state index contributed by atoms with van der Waals surface area (Å²) in [6.07, 6.45) is 2.57. The Morgan fingerprint density at radius 3 is 2.29 bits per heavy atom. The number of nitrogens with zero attached hydrogens (tertiary/aromatic N) is 2. The van der Waals surface area contributed by atoms with E-state index in [1.165, 1.54) is 48.7 Å². The van der Waals surface area contributed by atoms with Gasteiger partial charge in [0.15, 0.2) is 11.5 Å². The molecular weight excluding hydrogens is 508 g/mol. The van der Waals surface area contributed by atoms with Gasteiger partial charge < -0.3 is 15.5 Å². The van der Waals surface area contributed by atoms with Crippen LogP contribution in [0.15, 0.2) is 82.0 Å². The summed E-state index contributed by atoms with van der Waals surface area (Å²) in [5.41, 5.74) is 3.11. The number of aromatic hydroxyl groups is 2. The zero-order valence-corrected chi connectivity index (χ0v) is 18.9. The number of carbonyl (C=O) groups excluding carboxylic acids is 2. The minimum Gasteiger partial charge on any atom is -0.504 e. The lowest BCUT2D eigenvalue weighted by Gasteiger charge is -2.09. The molecule has 172 valence electrons. The second-order valence-electron chi connectivity index (χ2n) is 6.80. The van der Waals surface area contributed by atoms with Gasteiger partial charge in [0.25, 0.3) is 17.5 Å². The number of phenols is 2. The second-order valence-corrected chi connectivity index (χ2v) is 7.65. The van der Waals surface area contributed by atoms with Crippen molar-refractivity contribution in [2.24, 2.45) is 5.10 Å². The van der Waals surface area contributed by atoms with Crippen molar-refractivity contribution in [3.8, 4) is 11.5 Å². The van der Waals surface area contributed by atoms with Crippen LogP contribution in [0, 0.1) is 10.1 Å². The van der Waals surface area contributed by atoms with Gasteiger partial charge in [-0.2, -0.15) is 5.10 Å². The van der Waals surface area contributed by atoms with E-state index in [9.17, 15) is 29.9 Å². The van der Waals surface area contributed by atoms with Gasteiger partial charge in [0.2, 0.25) is 0 Å². The summed E-state index contributed by atoms with van der Waals surface area (Å²) < 4.78 is 0.231. The first kappa shape index (κ1) is 24.1. The number of rotatable bonds is 7. The monoisotopic (exact) mass is 524 g/mol. The van der Waals surface area contributed by atoms with Gasteiger partial charge in [-0.15, -0.1) is 0 Å². The number of nitro groups is 1. The Bertz CT molecular complexity index is 1270. The number of halogens is 1. The van der Waals surface area contributed by atoms with Gasteiger partial charge in [-0.25, -0.2) is 5.43 Å². The Morgan fingerprint density at radius 2 is 1.68 bits per heavy atom. The molecule has 0 heterocycles. The van der Waals surface area contributed by atoms with Crippen molar-refractivity contribution in [3.05, 3.63) is 104 Å². The highest BCUT2D eigenvalue weighted by Crippen LogP contribution is 2.33. The number of phenolic OH excluding ortho intramolecular Hbond substituents is 2. The molecule has 34 heavy (non-hydrogen) atoms. The Labute approximate surface area is 201 Å². The summed E-state index contributed by atoms with van der Waals surface area (Å²) in [6, 6.07) is 16.3. The van der Waals surface area contributed by atoms with Crippen molar-refractivity contribution in [1.29, 1.82) is 0 Å². The summed E-state index contributed by atoms with van der Waals surface area (Å²) in [5.74, 6) is -2.02. The molecule has 11 heteroatoms. The predicted octanol–water partition coefficient (Wildman–Crippen LogP) is 3.69. The Morgan fingerprint density at radius 1 is 1.00 bits per heavy atom. The third kappa shape index (κ3) is 6.26. The number of hydrazone groups is 1. The second kappa shape index (κ2) is 10.9. The maximum atomic E-state index is 12.8. The molecule has 2 amide bonds. The first-order chi connectivity index (χ1) is 16.2. The van der Waals surface area contributed by atoms with Gasteiger partial charge in [0.1, 0.15) is 5.70 Å². The Hall–Kier alpha value is -4.51. The Kier molecular flexibility index (Phi) is 7.72. The quantitative estimate of drug-likeness (QED) is 0.121. The summed E-state index contributed by atoms with van der Waals surface area (Å²) in [5, 5.41) is 36.5. The number of nitrogens with one attached hydrogen (secondary N) is 2. The van der Waals surface area contributed by atoms with Gasteiger partial charge in [-0.1, -0.05) is 18.2 Å². The lowest BCUT2D eigenvalue weighted by Crippen LogP contribution is -2.32. The van der Waals surface area contributed by atoms with Crippen molar-refractivity contribution >= 4 is 45.7 Å². The largest absolute Gasteiger partial charge is 0.504 e. The van der Waals surface area contributed by atoms with E-state index in [2.05, 4.69) is 31.8 Å². The molecule has 10 nitrogen and oxygen atoms in total. The van der Waals surface area contributed by atoms with E-state index < -0.39 is 16.7 Å². The fourth-order valence-electron chi connectivity index (χ4n) is 2.71. The molecular formula is C23H17BrN4O6. The molecule has 0 spiro atoms. The average molecular weight is 525 g/mol. The lowest BCUT2D eigenvalue weighted by molar-refractivity contribution is -0.384. The van der Waals surface area contributed by atoms with E-state index in [0.717, 1.165) is 0 Å². The summed E-state index contributed by atoms with van der Waals surface area (Å²) in [7, 11) is 0. The first-order valence-electron chi connectivity index (χ1n) is 9.62. The minimum absolute atomic E-state index is 0.121. The third-order valence-electron chi connectivity index (χ3n) is 4.39. The molecule has 0 radical (unpaired) electrons. The topological polar surface area (TPSA) is 154 Å². The van der Waals surface area contributed by atoms with Crippen molar-refractivity contribution < 1.29 is 24.7 Å². The Balaban J connectivity index is 1.83. The van der Waals surface area contributed by atoms with E-state index in [4.69, 9.17) is 0 Å².